The molecule has 0 saturated carbocycles. The van der Waals surface area contributed by atoms with E-state index in [0.717, 1.165) is 16.7 Å². The number of benzene rings is 1. The van der Waals surface area contributed by atoms with Crippen LogP contribution in [0.25, 0.3) is 0 Å². The van der Waals surface area contributed by atoms with Crippen molar-refractivity contribution < 1.29 is 14.7 Å². The summed E-state index contributed by atoms with van der Waals surface area (Å²) < 4.78 is 0. The van der Waals surface area contributed by atoms with Gasteiger partial charge in [-0.05, 0) is 48.4 Å². The van der Waals surface area contributed by atoms with Crippen LogP contribution < -0.4 is 5.32 Å². The molecule has 4 nitrogen and oxygen atoms in total. The SMILES string of the molecule is Cc1cccc(C(NC(=O)c2scc(C)c2Cl)C(=O)O)c1C. The molecule has 1 aromatic heterocycles. The van der Waals surface area contributed by atoms with E-state index in [1.807, 2.05) is 19.9 Å². The third kappa shape index (κ3) is 3.15. The molecule has 6 heteroatoms. The highest BCUT2D eigenvalue weighted by molar-refractivity contribution is 7.13. The lowest BCUT2D eigenvalue weighted by Crippen LogP contribution is -2.34. The average molecular weight is 338 g/mol. The molecule has 0 aliphatic carbocycles. The van der Waals surface area contributed by atoms with Gasteiger partial charge in [0.2, 0.25) is 0 Å². The number of nitrogens with one attached hydrogen (secondary N) is 1. The number of carbonyl (C=O) groups excluding carboxylic acids is 1. The van der Waals surface area contributed by atoms with Crippen LogP contribution in [0.2, 0.25) is 5.02 Å². The lowest BCUT2D eigenvalue weighted by atomic mass is 9.97. The second-order valence-electron chi connectivity index (χ2n) is 5.10. The predicted molar refractivity (Wildman–Crippen MR) is 87.8 cm³/mol. The van der Waals surface area contributed by atoms with Gasteiger partial charge in [0.15, 0.2) is 6.04 Å². The summed E-state index contributed by atoms with van der Waals surface area (Å²) in [4.78, 5) is 24.2. The van der Waals surface area contributed by atoms with Gasteiger partial charge in [0.25, 0.3) is 5.91 Å². The van der Waals surface area contributed by atoms with Gasteiger partial charge in [0.05, 0.1) is 5.02 Å². The van der Waals surface area contributed by atoms with Crippen LogP contribution in [0, 0.1) is 20.8 Å². The molecule has 0 spiro atoms. The Morgan fingerprint density at radius 3 is 2.45 bits per heavy atom. The molecule has 116 valence electrons. The first-order valence-corrected chi connectivity index (χ1v) is 7.92. The topological polar surface area (TPSA) is 66.4 Å². The Morgan fingerprint density at radius 2 is 1.91 bits per heavy atom. The molecule has 0 aliphatic heterocycles. The number of hydrogen-bond acceptors (Lipinski definition) is 3. The smallest absolute Gasteiger partial charge is 0.330 e. The van der Waals surface area contributed by atoms with Crippen LogP contribution in [0.5, 0.6) is 0 Å². The normalized spacial score (nSPS) is 12.0. The third-order valence-corrected chi connectivity index (χ3v) is 5.28. The minimum atomic E-state index is -1.11. The summed E-state index contributed by atoms with van der Waals surface area (Å²) in [5.74, 6) is -1.58. The molecule has 1 amide bonds. The van der Waals surface area contributed by atoms with E-state index < -0.39 is 17.9 Å². The molecule has 1 atom stereocenters. The number of carboxylic acid groups (broad SMARTS) is 1. The van der Waals surface area contributed by atoms with Gasteiger partial charge in [0, 0.05) is 0 Å². The fourth-order valence-electron chi connectivity index (χ4n) is 2.14. The molecule has 2 aromatic rings. The Hall–Kier alpha value is -1.85. The Kier molecular flexibility index (Phi) is 4.88. The number of hydrogen-bond donors (Lipinski definition) is 2. The van der Waals surface area contributed by atoms with Crippen molar-refractivity contribution in [1.82, 2.24) is 5.32 Å². The second-order valence-corrected chi connectivity index (χ2v) is 6.35. The van der Waals surface area contributed by atoms with Crippen molar-refractivity contribution in [2.45, 2.75) is 26.8 Å². The van der Waals surface area contributed by atoms with E-state index in [-0.39, 0.29) is 0 Å². The van der Waals surface area contributed by atoms with Gasteiger partial charge in [-0.2, -0.15) is 0 Å². The Bertz CT molecular complexity index is 739. The molecule has 0 aliphatic rings. The van der Waals surface area contributed by atoms with Crippen molar-refractivity contribution in [3.8, 4) is 0 Å². The van der Waals surface area contributed by atoms with Crippen LogP contribution in [-0.4, -0.2) is 17.0 Å². The van der Waals surface area contributed by atoms with E-state index in [0.29, 0.717) is 15.5 Å². The zero-order valence-electron chi connectivity index (χ0n) is 12.4. The van der Waals surface area contributed by atoms with E-state index >= 15 is 0 Å². The van der Waals surface area contributed by atoms with Gasteiger partial charge in [-0.1, -0.05) is 29.8 Å². The maximum Gasteiger partial charge on any atom is 0.330 e. The standard InChI is InChI=1S/C16H16ClNO3S/c1-8-5-4-6-11(10(8)3)13(16(20)21)18-15(19)14-12(17)9(2)7-22-14/h4-7,13H,1-3H3,(H,18,19)(H,20,21). The molecule has 0 fully saturated rings. The Balaban J connectivity index is 2.34. The summed E-state index contributed by atoms with van der Waals surface area (Å²) >= 11 is 7.27. The van der Waals surface area contributed by atoms with Crippen LogP contribution in [0.4, 0.5) is 0 Å². The van der Waals surface area contributed by atoms with Gasteiger partial charge < -0.3 is 10.4 Å². The van der Waals surface area contributed by atoms with Gasteiger partial charge in [-0.3, -0.25) is 4.79 Å². The van der Waals surface area contributed by atoms with Gasteiger partial charge in [0.1, 0.15) is 4.88 Å². The van der Waals surface area contributed by atoms with Crippen molar-refractivity contribution in [3.05, 3.63) is 55.7 Å². The van der Waals surface area contributed by atoms with E-state index in [4.69, 9.17) is 11.6 Å². The fraction of sp³-hybridized carbons (Fsp3) is 0.250. The molecule has 22 heavy (non-hydrogen) atoms. The number of aliphatic carboxylic acids is 1. The number of thiophene rings is 1. The van der Waals surface area contributed by atoms with Crippen molar-refractivity contribution in [2.24, 2.45) is 0 Å². The molecule has 0 bridgehead atoms. The predicted octanol–water partition coefficient (Wildman–Crippen LogP) is 3.88. The van der Waals surface area contributed by atoms with Gasteiger partial charge >= 0.3 is 5.97 Å². The minimum absolute atomic E-state index is 0.329. The largest absolute Gasteiger partial charge is 0.479 e. The number of carbonyl (C=O) groups is 2. The first-order chi connectivity index (χ1) is 10.3. The number of halogens is 1. The summed E-state index contributed by atoms with van der Waals surface area (Å²) in [6.07, 6.45) is 0. The van der Waals surface area contributed by atoms with E-state index in [1.54, 1.807) is 24.4 Å². The van der Waals surface area contributed by atoms with E-state index in [9.17, 15) is 14.7 Å². The fourth-order valence-corrected chi connectivity index (χ4v) is 3.32. The Morgan fingerprint density at radius 1 is 1.23 bits per heavy atom. The third-order valence-electron chi connectivity index (χ3n) is 3.59. The molecule has 1 aromatic carbocycles. The van der Waals surface area contributed by atoms with Crippen molar-refractivity contribution >= 4 is 34.8 Å². The summed E-state index contributed by atoms with van der Waals surface area (Å²) in [5, 5.41) is 14.2. The second kappa shape index (κ2) is 6.50. The molecule has 2 N–H and O–H groups in total. The molecule has 0 radical (unpaired) electrons. The van der Waals surface area contributed by atoms with Crippen LogP contribution in [0.3, 0.4) is 0 Å². The summed E-state index contributed by atoms with van der Waals surface area (Å²) in [6, 6.07) is 4.29. The number of carboxylic acids is 1. The highest BCUT2D eigenvalue weighted by Crippen LogP contribution is 2.28. The maximum absolute atomic E-state index is 12.3. The van der Waals surface area contributed by atoms with Crippen LogP contribution in [0.1, 0.15) is 38.0 Å². The Labute approximate surface area is 137 Å². The molecule has 1 heterocycles. The zero-order chi connectivity index (χ0) is 16.4. The molecular formula is C16H16ClNO3S. The number of amides is 1. The van der Waals surface area contributed by atoms with Crippen LogP contribution in [0.15, 0.2) is 23.6 Å². The average Bonchev–Trinajstić information content (AvgIpc) is 2.79. The molecule has 1 unspecified atom stereocenters. The first-order valence-electron chi connectivity index (χ1n) is 6.66. The quantitative estimate of drug-likeness (QED) is 0.889. The van der Waals surface area contributed by atoms with Crippen molar-refractivity contribution in [1.29, 1.82) is 0 Å². The van der Waals surface area contributed by atoms with E-state index in [2.05, 4.69) is 5.32 Å². The lowest BCUT2D eigenvalue weighted by molar-refractivity contribution is -0.139. The van der Waals surface area contributed by atoms with Gasteiger partial charge in [-0.25, -0.2) is 4.79 Å². The van der Waals surface area contributed by atoms with Crippen LogP contribution in [-0.2, 0) is 4.79 Å². The van der Waals surface area contributed by atoms with Gasteiger partial charge in [-0.15, -0.1) is 11.3 Å². The number of rotatable bonds is 4. The maximum atomic E-state index is 12.3. The summed E-state index contributed by atoms with van der Waals surface area (Å²) in [6.45, 7) is 5.54. The van der Waals surface area contributed by atoms with E-state index in [1.165, 1.54) is 11.3 Å². The summed E-state index contributed by atoms with van der Waals surface area (Å²) in [7, 11) is 0. The lowest BCUT2D eigenvalue weighted by Gasteiger charge is -2.18. The zero-order valence-corrected chi connectivity index (χ0v) is 14.0. The number of aryl methyl sites for hydroxylation is 2. The molecular weight excluding hydrogens is 322 g/mol. The molecule has 2 rings (SSSR count). The highest BCUT2D eigenvalue weighted by atomic mass is 35.5. The first kappa shape index (κ1) is 16.5. The van der Waals surface area contributed by atoms with Crippen LogP contribution >= 0.6 is 22.9 Å². The monoisotopic (exact) mass is 337 g/mol. The minimum Gasteiger partial charge on any atom is -0.479 e. The molecule has 0 saturated heterocycles. The van der Waals surface area contributed by atoms with Crippen molar-refractivity contribution in [3.63, 3.8) is 0 Å². The van der Waals surface area contributed by atoms with Crippen molar-refractivity contribution in [2.75, 3.05) is 0 Å². The summed E-state index contributed by atoms with van der Waals surface area (Å²) in [5.41, 5.74) is 3.20. The highest BCUT2D eigenvalue weighted by Gasteiger charge is 2.26.